The maximum absolute atomic E-state index is 14.6. The van der Waals surface area contributed by atoms with Crippen LogP contribution in [0.2, 0.25) is 0 Å². The van der Waals surface area contributed by atoms with Crippen molar-refractivity contribution in [3.63, 3.8) is 0 Å². The lowest BCUT2D eigenvalue weighted by atomic mass is 9.86. The summed E-state index contributed by atoms with van der Waals surface area (Å²) in [7, 11) is 0. The number of hydrogen-bond acceptors (Lipinski definition) is 0. The third-order valence-corrected chi connectivity index (χ3v) is 7.31. The fourth-order valence-electron chi connectivity index (χ4n) is 5.59. The van der Waals surface area contributed by atoms with Crippen LogP contribution >= 0.6 is 0 Å². The Balaban J connectivity index is 2.18. The molecule has 0 radical (unpaired) electrons. The maximum atomic E-state index is 14.6. The van der Waals surface area contributed by atoms with E-state index in [1.807, 2.05) is 6.07 Å². The Morgan fingerprint density at radius 2 is 1.65 bits per heavy atom. The molecule has 0 bridgehead atoms. The highest BCUT2D eigenvalue weighted by molar-refractivity contribution is 5.99. The second-order valence-electron chi connectivity index (χ2n) is 9.99. The van der Waals surface area contributed by atoms with Crippen molar-refractivity contribution in [1.82, 2.24) is 4.40 Å². The molecule has 0 aliphatic carbocycles. The van der Waals surface area contributed by atoms with Crippen molar-refractivity contribution in [3.05, 3.63) is 59.0 Å². The number of halogens is 3. The van der Waals surface area contributed by atoms with Gasteiger partial charge in [-0.05, 0) is 54.8 Å². The zero-order chi connectivity index (χ0) is 22.3. The van der Waals surface area contributed by atoms with Gasteiger partial charge in [-0.2, -0.15) is 4.40 Å². The van der Waals surface area contributed by atoms with Crippen LogP contribution in [0.25, 0.3) is 27.5 Å². The fraction of sp³-hybridized carbons (Fsp3) is 0.423. The van der Waals surface area contributed by atoms with Crippen LogP contribution in [-0.2, 0) is 17.4 Å². The van der Waals surface area contributed by atoms with E-state index in [0.717, 1.165) is 53.4 Å². The van der Waals surface area contributed by atoms with Crippen molar-refractivity contribution in [2.24, 2.45) is 0 Å². The van der Waals surface area contributed by atoms with Crippen LogP contribution in [0.4, 0.5) is 13.2 Å². The van der Waals surface area contributed by atoms with Gasteiger partial charge in [0.05, 0.1) is 5.39 Å². The quantitative estimate of drug-likeness (QED) is 0.316. The third-order valence-electron chi connectivity index (χ3n) is 7.31. The topological polar surface area (TPSA) is 8.29 Å². The molecular weight excluding hydrogens is 397 g/mol. The average Bonchev–Trinajstić information content (AvgIpc) is 2.93. The van der Waals surface area contributed by atoms with Gasteiger partial charge >= 0.3 is 0 Å². The molecule has 2 aromatic carbocycles. The Morgan fingerprint density at radius 3 is 2.29 bits per heavy atom. The summed E-state index contributed by atoms with van der Waals surface area (Å²) < 4.78 is 48.0. The van der Waals surface area contributed by atoms with E-state index in [1.54, 1.807) is 12.1 Å². The largest absolute Gasteiger partial charge is 0.296 e. The molecule has 0 unspecified atom stereocenters. The van der Waals surface area contributed by atoms with Crippen LogP contribution < -0.4 is 4.57 Å². The first-order chi connectivity index (χ1) is 14.6. The molecule has 0 saturated heterocycles. The van der Waals surface area contributed by atoms with E-state index in [-0.39, 0.29) is 16.8 Å². The second kappa shape index (κ2) is 6.47. The molecule has 0 fully saturated rings. The Kier molecular flexibility index (Phi) is 4.25. The maximum Gasteiger partial charge on any atom is 0.296 e. The van der Waals surface area contributed by atoms with Gasteiger partial charge in [0.15, 0.2) is 22.7 Å². The Hall–Kier alpha value is -2.56. The number of benzene rings is 2. The van der Waals surface area contributed by atoms with Gasteiger partial charge in [0, 0.05) is 17.5 Å². The summed E-state index contributed by atoms with van der Waals surface area (Å²) in [6, 6.07) is 7.89. The first-order valence-corrected chi connectivity index (χ1v) is 11.1. The van der Waals surface area contributed by atoms with Crippen molar-refractivity contribution >= 4 is 27.5 Å². The molecule has 3 heterocycles. The fourth-order valence-corrected chi connectivity index (χ4v) is 5.59. The number of aromatic nitrogens is 2. The van der Waals surface area contributed by atoms with Crippen LogP contribution in [-0.4, -0.2) is 4.40 Å². The molecule has 5 heteroatoms. The van der Waals surface area contributed by atoms with Gasteiger partial charge in [-0.1, -0.05) is 34.6 Å². The van der Waals surface area contributed by atoms with Crippen LogP contribution in [0.3, 0.4) is 0 Å². The summed E-state index contributed by atoms with van der Waals surface area (Å²) in [4.78, 5) is 0. The normalized spacial score (nSPS) is 16.0. The molecule has 5 rings (SSSR count). The van der Waals surface area contributed by atoms with Crippen molar-refractivity contribution in [3.8, 4) is 0 Å². The predicted molar refractivity (Wildman–Crippen MR) is 118 cm³/mol. The van der Waals surface area contributed by atoms with Crippen molar-refractivity contribution in [2.75, 3.05) is 0 Å². The highest BCUT2D eigenvalue weighted by Crippen LogP contribution is 2.40. The first kappa shape index (κ1) is 20.3. The molecule has 0 saturated carbocycles. The highest BCUT2D eigenvalue weighted by atomic mass is 19.2. The average molecular weight is 426 g/mol. The molecule has 0 spiro atoms. The number of aryl methyl sites for hydroxylation is 1. The first-order valence-electron chi connectivity index (χ1n) is 11.1. The number of hydrogen-bond donors (Lipinski definition) is 0. The summed E-state index contributed by atoms with van der Waals surface area (Å²) in [5.41, 5.74) is 3.62. The molecule has 0 amide bonds. The van der Waals surface area contributed by atoms with E-state index in [2.05, 4.69) is 43.6 Å². The summed E-state index contributed by atoms with van der Waals surface area (Å²) in [5.74, 6) is -1.94. The van der Waals surface area contributed by atoms with Crippen LogP contribution in [0, 0.1) is 17.5 Å². The molecule has 1 aliphatic rings. The zero-order valence-electron chi connectivity index (χ0n) is 18.7. The number of fused-ring (bicyclic) bond motifs is 3. The predicted octanol–water partition coefficient (Wildman–Crippen LogP) is 6.71. The van der Waals surface area contributed by atoms with E-state index in [4.69, 9.17) is 0 Å². The highest BCUT2D eigenvalue weighted by Gasteiger charge is 2.43. The van der Waals surface area contributed by atoms with Crippen LogP contribution in [0.1, 0.15) is 65.1 Å². The molecule has 31 heavy (non-hydrogen) atoms. The molecule has 4 aromatic rings. The Morgan fingerprint density at radius 1 is 0.968 bits per heavy atom. The summed E-state index contributed by atoms with van der Waals surface area (Å²) in [6.45, 7) is 10.6. The van der Waals surface area contributed by atoms with Crippen LogP contribution in [0.15, 0.2) is 30.3 Å². The van der Waals surface area contributed by atoms with Crippen LogP contribution in [0.5, 0.6) is 0 Å². The molecule has 2 aromatic heterocycles. The van der Waals surface area contributed by atoms with Crippen molar-refractivity contribution in [2.45, 2.75) is 71.3 Å². The number of imidazole rings is 1. The standard InChI is InChI=1S/C26H28F3N2/c1-6-26(7-2)9-8-15-10-17(27)11-16-12-22(25(3,4)5)30-20-13-18(28)19(29)14-21(20)31(26)24(30)23(15)16/h10-14H,6-9H2,1-5H3/q+1. The van der Waals surface area contributed by atoms with Gasteiger partial charge in [0.2, 0.25) is 0 Å². The molecular formula is C26H28F3N2+. The van der Waals surface area contributed by atoms with Gasteiger partial charge < -0.3 is 0 Å². The molecule has 2 nitrogen and oxygen atoms in total. The van der Waals surface area contributed by atoms with Crippen molar-refractivity contribution < 1.29 is 17.7 Å². The van der Waals surface area contributed by atoms with Gasteiger partial charge in [0.25, 0.3) is 5.65 Å². The second-order valence-corrected chi connectivity index (χ2v) is 9.99. The number of pyridine rings is 1. The minimum Gasteiger partial charge on any atom is -0.217 e. The lowest BCUT2D eigenvalue weighted by Crippen LogP contribution is -2.55. The van der Waals surface area contributed by atoms with Crippen molar-refractivity contribution in [1.29, 1.82) is 0 Å². The molecule has 162 valence electrons. The van der Waals surface area contributed by atoms with E-state index in [1.165, 1.54) is 12.1 Å². The molecule has 1 aliphatic heterocycles. The van der Waals surface area contributed by atoms with Gasteiger partial charge in [-0.3, -0.25) is 0 Å². The SMILES string of the molecule is CCC1(CC)CCc2cc(F)cc3cc(C(C)(C)C)n4c5cc(F)c(F)cc5[n+]1c4c23. The summed E-state index contributed by atoms with van der Waals surface area (Å²) in [5, 5.41) is 1.82. The third kappa shape index (κ3) is 2.68. The number of nitrogens with zero attached hydrogens (tertiary/aromatic N) is 2. The van der Waals surface area contributed by atoms with Gasteiger partial charge in [0.1, 0.15) is 17.1 Å². The molecule has 0 N–H and O–H groups in total. The van der Waals surface area contributed by atoms with E-state index < -0.39 is 11.6 Å². The monoisotopic (exact) mass is 425 g/mol. The zero-order valence-corrected chi connectivity index (χ0v) is 18.7. The van der Waals surface area contributed by atoms with Gasteiger partial charge in [-0.15, -0.1) is 0 Å². The Bertz CT molecular complexity index is 1370. The lowest BCUT2D eigenvalue weighted by molar-refractivity contribution is -0.721. The summed E-state index contributed by atoms with van der Waals surface area (Å²) >= 11 is 0. The number of rotatable bonds is 2. The van der Waals surface area contributed by atoms with E-state index in [0.29, 0.717) is 11.0 Å². The van der Waals surface area contributed by atoms with E-state index >= 15 is 0 Å². The summed E-state index contributed by atoms with van der Waals surface area (Å²) in [6.07, 6.45) is 3.25. The minimum absolute atomic E-state index is 0.244. The lowest BCUT2D eigenvalue weighted by Gasteiger charge is -2.28. The smallest absolute Gasteiger partial charge is 0.217 e. The van der Waals surface area contributed by atoms with Gasteiger partial charge in [-0.25, -0.2) is 17.7 Å². The van der Waals surface area contributed by atoms with E-state index in [9.17, 15) is 13.2 Å². The Labute approximate surface area is 180 Å². The minimum atomic E-state index is -0.853. The molecule has 0 atom stereocenters.